The highest BCUT2D eigenvalue weighted by atomic mass is 32.1. The largest absolute Gasteiger partial charge is 0.462 e. The second-order valence-electron chi connectivity index (χ2n) is 4.28. The van der Waals surface area contributed by atoms with Crippen molar-refractivity contribution >= 4 is 28.2 Å². The van der Waals surface area contributed by atoms with Crippen molar-refractivity contribution in [3.8, 4) is 0 Å². The Kier molecular flexibility index (Phi) is 4.70. The Bertz CT molecular complexity index is 681. The van der Waals surface area contributed by atoms with Gasteiger partial charge in [-0.1, -0.05) is 12.1 Å². The smallest absolute Gasteiger partial charge is 0.348 e. The second-order valence-corrected chi connectivity index (χ2v) is 5.33. The lowest BCUT2D eigenvalue weighted by atomic mass is 10.2. The summed E-state index contributed by atoms with van der Waals surface area (Å²) in [7, 11) is 0. The highest BCUT2D eigenvalue weighted by Crippen LogP contribution is 2.28. The fourth-order valence-corrected chi connectivity index (χ4v) is 2.73. The molecule has 0 aliphatic rings. The fraction of sp³-hybridized carbons (Fsp3) is 0.200. The molecule has 0 radical (unpaired) electrons. The van der Waals surface area contributed by atoms with Gasteiger partial charge in [-0.2, -0.15) is 0 Å². The highest BCUT2D eigenvalue weighted by molar-refractivity contribution is 7.18. The van der Waals surface area contributed by atoms with Crippen LogP contribution in [-0.4, -0.2) is 18.5 Å². The maximum Gasteiger partial charge on any atom is 0.348 e. The first-order valence-corrected chi connectivity index (χ1v) is 7.18. The first-order valence-electron chi connectivity index (χ1n) is 6.36. The van der Waals surface area contributed by atoms with Crippen molar-refractivity contribution in [3.63, 3.8) is 0 Å². The average Bonchev–Trinajstić information content (AvgIpc) is 2.80. The van der Waals surface area contributed by atoms with E-state index in [9.17, 15) is 14.0 Å². The van der Waals surface area contributed by atoms with Crippen molar-refractivity contribution in [2.45, 2.75) is 13.8 Å². The summed E-state index contributed by atoms with van der Waals surface area (Å²) < 4.78 is 18.5. The first kappa shape index (κ1) is 15.2. The van der Waals surface area contributed by atoms with Crippen LogP contribution in [0.4, 0.5) is 9.39 Å². The first-order chi connectivity index (χ1) is 10.0. The summed E-state index contributed by atoms with van der Waals surface area (Å²) in [6, 6.07) is 7.38. The number of benzene rings is 1. The van der Waals surface area contributed by atoms with E-state index >= 15 is 0 Å². The van der Waals surface area contributed by atoms with Crippen LogP contribution in [0.2, 0.25) is 0 Å². The highest BCUT2D eigenvalue weighted by Gasteiger charge is 2.17. The summed E-state index contributed by atoms with van der Waals surface area (Å²) in [5, 5.41) is 3.06. The molecule has 2 rings (SSSR count). The minimum atomic E-state index is -0.589. The van der Waals surface area contributed by atoms with Gasteiger partial charge in [0.25, 0.3) is 5.91 Å². The molecule has 0 unspecified atom stereocenters. The summed E-state index contributed by atoms with van der Waals surface area (Å²) in [5.74, 6) is -1.56. The third-order valence-corrected chi connectivity index (χ3v) is 3.87. The number of aryl methyl sites for hydroxylation is 1. The number of amides is 1. The standard InChI is InChI=1S/C15H14FNO3S/c1-3-20-15(19)13-9(2)8-12(21-13)17-14(18)10-6-4-5-7-11(10)16/h4-8H,3H2,1-2H3,(H,17,18). The molecule has 0 saturated carbocycles. The van der Waals surface area contributed by atoms with E-state index in [2.05, 4.69) is 5.32 Å². The molecule has 0 aliphatic carbocycles. The van der Waals surface area contributed by atoms with Gasteiger partial charge in [-0.3, -0.25) is 4.79 Å². The molecule has 1 heterocycles. The lowest BCUT2D eigenvalue weighted by Gasteiger charge is -2.03. The van der Waals surface area contributed by atoms with Crippen LogP contribution in [0.1, 0.15) is 32.5 Å². The molecule has 21 heavy (non-hydrogen) atoms. The number of carbonyl (C=O) groups excluding carboxylic acids is 2. The number of nitrogens with one attached hydrogen (secondary N) is 1. The van der Waals surface area contributed by atoms with Crippen LogP contribution in [0.3, 0.4) is 0 Å². The number of halogens is 1. The lowest BCUT2D eigenvalue weighted by molar-refractivity contribution is 0.0531. The molecular formula is C15H14FNO3S. The summed E-state index contributed by atoms with van der Waals surface area (Å²) >= 11 is 1.11. The van der Waals surface area contributed by atoms with Crippen molar-refractivity contribution in [3.05, 3.63) is 52.2 Å². The zero-order chi connectivity index (χ0) is 15.4. The molecule has 1 aromatic heterocycles. The molecule has 0 atom stereocenters. The molecule has 4 nitrogen and oxygen atoms in total. The maximum absolute atomic E-state index is 13.5. The zero-order valence-electron chi connectivity index (χ0n) is 11.6. The number of hydrogen-bond acceptors (Lipinski definition) is 4. The Morgan fingerprint density at radius 3 is 2.71 bits per heavy atom. The monoisotopic (exact) mass is 307 g/mol. The number of rotatable bonds is 4. The number of anilines is 1. The van der Waals surface area contributed by atoms with Gasteiger partial charge >= 0.3 is 5.97 Å². The molecule has 6 heteroatoms. The molecule has 0 spiro atoms. The summed E-state index contributed by atoms with van der Waals surface area (Å²) in [4.78, 5) is 24.1. The number of esters is 1. The maximum atomic E-state index is 13.5. The van der Waals surface area contributed by atoms with Crippen LogP contribution in [0, 0.1) is 12.7 Å². The topological polar surface area (TPSA) is 55.4 Å². The fourth-order valence-electron chi connectivity index (χ4n) is 1.77. The van der Waals surface area contributed by atoms with Crippen LogP contribution >= 0.6 is 11.3 Å². The van der Waals surface area contributed by atoms with Gasteiger partial charge in [0.2, 0.25) is 0 Å². The van der Waals surface area contributed by atoms with E-state index in [-0.39, 0.29) is 12.2 Å². The van der Waals surface area contributed by atoms with Crippen LogP contribution in [-0.2, 0) is 4.74 Å². The summed E-state index contributed by atoms with van der Waals surface area (Å²) in [6.07, 6.45) is 0. The predicted molar refractivity (Wildman–Crippen MR) is 79.4 cm³/mol. The average molecular weight is 307 g/mol. The number of hydrogen-bond donors (Lipinski definition) is 1. The Morgan fingerprint density at radius 1 is 1.33 bits per heavy atom. The SMILES string of the molecule is CCOC(=O)c1sc(NC(=O)c2ccccc2F)cc1C. The Morgan fingerprint density at radius 2 is 2.05 bits per heavy atom. The lowest BCUT2D eigenvalue weighted by Crippen LogP contribution is -2.12. The van der Waals surface area contributed by atoms with E-state index in [1.807, 2.05) is 0 Å². The van der Waals surface area contributed by atoms with Gasteiger partial charge in [0, 0.05) is 0 Å². The Balaban J connectivity index is 2.17. The molecule has 0 aliphatic heterocycles. The minimum absolute atomic E-state index is 0.0405. The molecule has 2 aromatic rings. The molecule has 110 valence electrons. The van der Waals surface area contributed by atoms with Crippen LogP contribution in [0.25, 0.3) is 0 Å². The van der Waals surface area contributed by atoms with Crippen molar-refractivity contribution in [2.75, 3.05) is 11.9 Å². The van der Waals surface area contributed by atoms with Gasteiger partial charge in [0.05, 0.1) is 17.2 Å². The van der Waals surface area contributed by atoms with E-state index in [4.69, 9.17) is 4.74 Å². The van der Waals surface area contributed by atoms with Gasteiger partial charge in [0.15, 0.2) is 0 Å². The molecule has 1 N–H and O–H groups in total. The molecule has 0 saturated heterocycles. The van der Waals surface area contributed by atoms with Gasteiger partial charge in [-0.15, -0.1) is 11.3 Å². The summed E-state index contributed by atoms with van der Waals surface area (Å²) in [6.45, 7) is 3.76. The molecule has 0 bridgehead atoms. The Hall–Kier alpha value is -2.21. The molecule has 1 aromatic carbocycles. The van der Waals surface area contributed by atoms with Crippen LogP contribution in [0.5, 0.6) is 0 Å². The van der Waals surface area contributed by atoms with Crippen molar-refractivity contribution in [1.29, 1.82) is 0 Å². The van der Waals surface area contributed by atoms with E-state index in [1.165, 1.54) is 18.2 Å². The molecule has 1 amide bonds. The van der Waals surface area contributed by atoms with Crippen molar-refractivity contribution < 1.29 is 18.7 Å². The Labute approximate surface area is 125 Å². The third kappa shape index (κ3) is 3.46. The third-order valence-electron chi connectivity index (χ3n) is 2.73. The van der Waals surface area contributed by atoms with Gasteiger partial charge in [0.1, 0.15) is 10.7 Å². The zero-order valence-corrected chi connectivity index (χ0v) is 12.4. The quantitative estimate of drug-likeness (QED) is 0.878. The van der Waals surface area contributed by atoms with Crippen molar-refractivity contribution in [1.82, 2.24) is 0 Å². The molecule has 0 fully saturated rings. The number of carbonyl (C=O) groups is 2. The second kappa shape index (κ2) is 6.49. The van der Waals surface area contributed by atoms with E-state index in [1.54, 1.807) is 26.0 Å². The van der Waals surface area contributed by atoms with Gasteiger partial charge < -0.3 is 10.1 Å². The van der Waals surface area contributed by atoms with E-state index in [0.29, 0.717) is 15.4 Å². The van der Waals surface area contributed by atoms with E-state index in [0.717, 1.165) is 11.3 Å². The van der Waals surface area contributed by atoms with Gasteiger partial charge in [-0.05, 0) is 37.6 Å². The van der Waals surface area contributed by atoms with Gasteiger partial charge in [-0.25, -0.2) is 9.18 Å². The minimum Gasteiger partial charge on any atom is -0.462 e. The normalized spacial score (nSPS) is 10.2. The van der Waals surface area contributed by atoms with E-state index < -0.39 is 17.7 Å². The number of ether oxygens (including phenoxy) is 1. The van der Waals surface area contributed by atoms with Crippen LogP contribution in [0.15, 0.2) is 30.3 Å². The molecular weight excluding hydrogens is 293 g/mol. The summed E-state index contributed by atoms with van der Waals surface area (Å²) in [5.41, 5.74) is 0.670. The number of thiophene rings is 1. The van der Waals surface area contributed by atoms with Crippen LogP contribution < -0.4 is 5.32 Å². The van der Waals surface area contributed by atoms with Crippen molar-refractivity contribution in [2.24, 2.45) is 0 Å². The predicted octanol–water partition coefficient (Wildman–Crippen LogP) is 3.62.